The maximum Gasteiger partial charge on any atom is 0.0510 e. The number of aromatic nitrogens is 1. The van der Waals surface area contributed by atoms with E-state index in [2.05, 4.69) is 64.5 Å². The SMILES string of the molecule is Cl.Clc1cccc(Cl)c1C1CCN(Cc2c(-c3ccccc3)[nH]c3ccccc23)CC1. The summed E-state index contributed by atoms with van der Waals surface area (Å²) in [5.74, 6) is 0.430. The summed E-state index contributed by atoms with van der Waals surface area (Å²) in [6.45, 7) is 3.02. The molecule has 0 spiro atoms. The quantitative estimate of drug-likeness (QED) is 0.320. The molecule has 1 saturated heterocycles. The van der Waals surface area contributed by atoms with Crippen LogP contribution in [0.4, 0.5) is 0 Å². The van der Waals surface area contributed by atoms with Gasteiger partial charge in [0.1, 0.15) is 0 Å². The van der Waals surface area contributed by atoms with Crippen LogP contribution in [0.3, 0.4) is 0 Å². The van der Waals surface area contributed by atoms with E-state index in [1.54, 1.807) is 0 Å². The lowest BCUT2D eigenvalue weighted by atomic mass is 9.89. The van der Waals surface area contributed by atoms with Gasteiger partial charge in [0.25, 0.3) is 0 Å². The fourth-order valence-electron chi connectivity index (χ4n) is 4.72. The molecule has 5 heteroatoms. The fraction of sp³-hybridized carbons (Fsp3) is 0.231. The minimum atomic E-state index is 0. The van der Waals surface area contributed by atoms with Crippen molar-refractivity contribution in [1.82, 2.24) is 9.88 Å². The van der Waals surface area contributed by atoms with Gasteiger partial charge < -0.3 is 4.98 Å². The Morgan fingerprint density at radius 1 is 0.806 bits per heavy atom. The molecule has 0 unspecified atom stereocenters. The molecule has 2 nitrogen and oxygen atoms in total. The molecule has 0 bridgehead atoms. The molecule has 31 heavy (non-hydrogen) atoms. The number of hydrogen-bond acceptors (Lipinski definition) is 1. The highest BCUT2D eigenvalue weighted by Gasteiger charge is 2.25. The van der Waals surface area contributed by atoms with Gasteiger partial charge in [-0.05, 0) is 66.7 Å². The maximum atomic E-state index is 6.47. The third-order valence-electron chi connectivity index (χ3n) is 6.25. The Morgan fingerprint density at radius 3 is 2.16 bits per heavy atom. The Bertz CT molecular complexity index is 1140. The van der Waals surface area contributed by atoms with E-state index >= 15 is 0 Å². The number of benzene rings is 3. The third-order valence-corrected chi connectivity index (χ3v) is 6.91. The molecule has 0 radical (unpaired) electrons. The summed E-state index contributed by atoms with van der Waals surface area (Å²) in [4.78, 5) is 6.22. The van der Waals surface area contributed by atoms with Gasteiger partial charge >= 0.3 is 0 Å². The van der Waals surface area contributed by atoms with E-state index in [-0.39, 0.29) is 12.4 Å². The molecule has 0 amide bonds. The number of rotatable bonds is 4. The molecule has 160 valence electrons. The second kappa shape index (κ2) is 9.67. The predicted octanol–water partition coefficient (Wildman–Crippen LogP) is 7.94. The van der Waals surface area contributed by atoms with Crippen LogP contribution in [0.25, 0.3) is 22.2 Å². The zero-order valence-electron chi connectivity index (χ0n) is 17.2. The number of para-hydroxylation sites is 1. The highest BCUT2D eigenvalue weighted by molar-refractivity contribution is 6.36. The smallest absolute Gasteiger partial charge is 0.0510 e. The average Bonchev–Trinajstić information content (AvgIpc) is 3.14. The van der Waals surface area contributed by atoms with Crippen LogP contribution in [0.15, 0.2) is 72.8 Å². The molecule has 2 heterocycles. The number of nitrogens with zero attached hydrogens (tertiary/aromatic N) is 1. The lowest BCUT2D eigenvalue weighted by molar-refractivity contribution is 0.205. The minimum absolute atomic E-state index is 0. The third kappa shape index (κ3) is 4.49. The fourth-order valence-corrected chi connectivity index (χ4v) is 5.43. The van der Waals surface area contributed by atoms with Gasteiger partial charge in [-0.25, -0.2) is 0 Å². The van der Waals surface area contributed by atoms with Gasteiger partial charge in [0, 0.05) is 27.5 Å². The Morgan fingerprint density at radius 2 is 1.45 bits per heavy atom. The summed E-state index contributed by atoms with van der Waals surface area (Å²) in [5, 5.41) is 2.90. The van der Waals surface area contributed by atoms with Crippen LogP contribution >= 0.6 is 35.6 Å². The van der Waals surface area contributed by atoms with Crippen molar-refractivity contribution in [1.29, 1.82) is 0 Å². The summed E-state index contributed by atoms with van der Waals surface area (Å²) < 4.78 is 0. The van der Waals surface area contributed by atoms with Gasteiger partial charge in [-0.2, -0.15) is 0 Å². The van der Waals surface area contributed by atoms with Crippen molar-refractivity contribution in [3.8, 4) is 11.3 Å². The first-order valence-electron chi connectivity index (χ1n) is 10.5. The number of fused-ring (bicyclic) bond motifs is 1. The second-order valence-electron chi connectivity index (χ2n) is 8.08. The molecule has 1 fully saturated rings. The number of hydrogen-bond donors (Lipinski definition) is 1. The molecule has 5 rings (SSSR count). The van der Waals surface area contributed by atoms with E-state index in [1.165, 1.54) is 27.7 Å². The number of halogens is 3. The first kappa shape index (κ1) is 22.2. The van der Waals surface area contributed by atoms with E-state index in [1.807, 2.05) is 18.2 Å². The van der Waals surface area contributed by atoms with E-state index in [4.69, 9.17) is 23.2 Å². The molecule has 0 atom stereocenters. The Kier molecular flexibility index (Phi) is 6.93. The zero-order chi connectivity index (χ0) is 20.5. The van der Waals surface area contributed by atoms with Crippen molar-refractivity contribution in [3.05, 3.63) is 94.0 Å². The van der Waals surface area contributed by atoms with Crippen molar-refractivity contribution in [3.63, 3.8) is 0 Å². The highest BCUT2D eigenvalue weighted by atomic mass is 35.5. The summed E-state index contributed by atoms with van der Waals surface area (Å²) in [5.41, 5.74) is 6.17. The summed E-state index contributed by atoms with van der Waals surface area (Å²) in [7, 11) is 0. The van der Waals surface area contributed by atoms with E-state index in [0.29, 0.717) is 5.92 Å². The van der Waals surface area contributed by atoms with E-state index in [9.17, 15) is 0 Å². The first-order chi connectivity index (χ1) is 14.7. The van der Waals surface area contributed by atoms with Crippen LogP contribution in [0.1, 0.15) is 29.9 Å². The van der Waals surface area contributed by atoms with Crippen molar-refractivity contribution in [2.45, 2.75) is 25.3 Å². The van der Waals surface area contributed by atoms with Crippen molar-refractivity contribution < 1.29 is 0 Å². The van der Waals surface area contributed by atoms with Crippen molar-refractivity contribution in [2.75, 3.05) is 13.1 Å². The normalized spacial score (nSPS) is 15.2. The van der Waals surface area contributed by atoms with Gasteiger partial charge in [-0.15, -0.1) is 12.4 Å². The highest BCUT2D eigenvalue weighted by Crippen LogP contribution is 2.38. The number of aromatic amines is 1. The minimum Gasteiger partial charge on any atom is -0.354 e. The molecule has 3 aromatic carbocycles. The Labute approximate surface area is 199 Å². The average molecular weight is 472 g/mol. The van der Waals surface area contributed by atoms with Crippen LogP contribution in [0.2, 0.25) is 10.0 Å². The molecule has 1 aromatic heterocycles. The molecule has 0 saturated carbocycles. The molecule has 1 aliphatic rings. The second-order valence-corrected chi connectivity index (χ2v) is 8.89. The monoisotopic (exact) mass is 470 g/mol. The van der Waals surface area contributed by atoms with Gasteiger partial charge in [-0.1, -0.05) is 77.8 Å². The molecular formula is C26H25Cl3N2. The predicted molar refractivity (Wildman–Crippen MR) is 135 cm³/mol. The number of nitrogens with one attached hydrogen (secondary N) is 1. The lowest BCUT2D eigenvalue weighted by Crippen LogP contribution is -2.32. The summed E-state index contributed by atoms with van der Waals surface area (Å²) in [6.07, 6.45) is 2.15. The van der Waals surface area contributed by atoms with Crippen molar-refractivity contribution in [2.24, 2.45) is 0 Å². The lowest BCUT2D eigenvalue weighted by Gasteiger charge is -2.33. The molecular weight excluding hydrogens is 447 g/mol. The first-order valence-corrected chi connectivity index (χ1v) is 11.3. The van der Waals surface area contributed by atoms with Gasteiger partial charge in [-0.3, -0.25) is 4.90 Å². The molecule has 0 aliphatic carbocycles. The molecule has 1 N–H and O–H groups in total. The van der Waals surface area contributed by atoms with E-state index in [0.717, 1.165) is 48.1 Å². The number of H-pyrrole nitrogens is 1. The molecule has 1 aliphatic heterocycles. The maximum absolute atomic E-state index is 6.47. The van der Waals surface area contributed by atoms with Gasteiger partial charge in [0.15, 0.2) is 0 Å². The standard InChI is InChI=1S/C26H24Cl2N2.ClH/c27-22-10-6-11-23(28)25(22)18-13-15-30(16-14-18)17-21-20-9-4-5-12-24(20)29-26(21)19-7-2-1-3-8-19;/h1-12,18,29H,13-17H2;1H. The van der Waals surface area contributed by atoms with Crippen LogP contribution in [-0.4, -0.2) is 23.0 Å². The Hall–Kier alpha value is -1.97. The van der Waals surface area contributed by atoms with Crippen LogP contribution in [0, 0.1) is 0 Å². The van der Waals surface area contributed by atoms with Crippen LogP contribution in [-0.2, 0) is 6.54 Å². The topological polar surface area (TPSA) is 19.0 Å². The van der Waals surface area contributed by atoms with Gasteiger partial charge in [0.2, 0.25) is 0 Å². The van der Waals surface area contributed by atoms with Crippen molar-refractivity contribution >= 4 is 46.5 Å². The summed E-state index contributed by atoms with van der Waals surface area (Å²) >= 11 is 12.9. The Balaban J connectivity index is 0.00000231. The summed E-state index contributed by atoms with van der Waals surface area (Å²) in [6, 6.07) is 25.1. The largest absolute Gasteiger partial charge is 0.354 e. The van der Waals surface area contributed by atoms with Crippen LogP contribution in [0.5, 0.6) is 0 Å². The number of likely N-dealkylation sites (tertiary alicyclic amines) is 1. The van der Waals surface area contributed by atoms with Gasteiger partial charge in [0.05, 0.1) is 5.69 Å². The van der Waals surface area contributed by atoms with E-state index < -0.39 is 0 Å². The van der Waals surface area contributed by atoms with Crippen LogP contribution < -0.4 is 0 Å². The zero-order valence-corrected chi connectivity index (χ0v) is 19.5. The molecule has 4 aromatic rings. The number of piperidine rings is 1.